The number of carbonyl (C=O) groups is 2. The number of piperidine rings is 1. The van der Waals surface area contributed by atoms with Gasteiger partial charge in [0.15, 0.2) is 6.73 Å². The van der Waals surface area contributed by atoms with Gasteiger partial charge in [-0.2, -0.15) is 5.10 Å². The van der Waals surface area contributed by atoms with Gasteiger partial charge in [0.1, 0.15) is 16.9 Å². The molecule has 13 heteroatoms. The lowest BCUT2D eigenvalue weighted by molar-refractivity contribution is -0.0233. The smallest absolute Gasteiger partial charge is 0.476 e. The highest BCUT2D eigenvalue weighted by molar-refractivity contribution is 7.48. The standard InChI is InChI=1S/C33H45N4O8P/c1-6-41-32(39)36-16-14-33(15-17-36)18-28(26-11-7-8-13-29(26)45-33)34-31(38)27-12-9-10-25-19-37(35-30(25)27)22-44-46(40,42-20-23(2)3)43-21-24(4)5/h7-13,19,23-24,28H,6,14-18,20-22H2,1-5H3,(H,34,38)/t28-/m0/s1. The number of nitrogens with one attached hydrogen (secondary N) is 1. The quantitative estimate of drug-likeness (QED) is 0.212. The van der Waals surface area contributed by atoms with Crippen molar-refractivity contribution < 1.29 is 37.2 Å². The SMILES string of the molecule is CCOC(=O)N1CCC2(CC1)C[C@H](NC(=O)c1cccc3cn(COP(=O)(OCC(C)C)OCC(C)C)nc13)c1ccccc1O2. The van der Waals surface area contributed by atoms with E-state index in [0.717, 1.165) is 16.7 Å². The lowest BCUT2D eigenvalue weighted by Crippen LogP contribution is -2.53. The van der Waals surface area contributed by atoms with Gasteiger partial charge in [0.25, 0.3) is 5.91 Å². The third-order valence-corrected chi connectivity index (χ3v) is 9.37. The number of likely N-dealkylation sites (tertiary alicyclic amines) is 1. The maximum Gasteiger partial charge on any atom is 0.476 e. The highest BCUT2D eigenvalue weighted by Crippen LogP contribution is 2.50. The van der Waals surface area contributed by atoms with Gasteiger partial charge in [0, 0.05) is 49.5 Å². The molecule has 1 aromatic heterocycles. The van der Waals surface area contributed by atoms with Gasteiger partial charge in [0.2, 0.25) is 0 Å². The first-order valence-corrected chi connectivity index (χ1v) is 17.5. The molecule has 2 aliphatic rings. The summed E-state index contributed by atoms with van der Waals surface area (Å²) in [4.78, 5) is 27.9. The van der Waals surface area contributed by atoms with Crippen LogP contribution in [0.1, 0.15) is 75.8 Å². The molecule has 3 heterocycles. The van der Waals surface area contributed by atoms with Gasteiger partial charge in [-0.3, -0.25) is 18.4 Å². The summed E-state index contributed by atoms with van der Waals surface area (Å²) in [6.45, 7) is 11.2. The predicted molar refractivity (Wildman–Crippen MR) is 172 cm³/mol. The summed E-state index contributed by atoms with van der Waals surface area (Å²) >= 11 is 0. The highest BCUT2D eigenvalue weighted by Gasteiger charge is 2.44. The van der Waals surface area contributed by atoms with Gasteiger partial charge in [0.05, 0.1) is 31.4 Å². The minimum atomic E-state index is -3.83. The van der Waals surface area contributed by atoms with Crippen LogP contribution in [0.4, 0.5) is 4.79 Å². The summed E-state index contributed by atoms with van der Waals surface area (Å²) in [5.41, 5.74) is 1.27. The lowest BCUT2D eigenvalue weighted by atomic mass is 9.80. The minimum Gasteiger partial charge on any atom is -0.487 e. The van der Waals surface area contributed by atoms with Crippen molar-refractivity contribution in [3.8, 4) is 5.75 Å². The summed E-state index contributed by atoms with van der Waals surface area (Å²) in [5.74, 6) is 0.738. The van der Waals surface area contributed by atoms with Gasteiger partial charge >= 0.3 is 13.9 Å². The minimum absolute atomic E-state index is 0.142. The number of hydrogen-bond donors (Lipinski definition) is 1. The zero-order valence-corrected chi connectivity index (χ0v) is 28.2. The van der Waals surface area contributed by atoms with Gasteiger partial charge in [-0.05, 0) is 30.9 Å². The normalized spacial score (nSPS) is 17.7. The Balaban J connectivity index is 1.31. The Bertz CT molecular complexity index is 1550. The number of aromatic nitrogens is 2. The molecular formula is C33H45N4O8P. The van der Waals surface area contributed by atoms with Crippen LogP contribution in [0.2, 0.25) is 0 Å². The predicted octanol–water partition coefficient (Wildman–Crippen LogP) is 6.71. The molecule has 0 unspecified atom stereocenters. The second-order valence-corrected chi connectivity index (χ2v) is 14.4. The molecule has 46 heavy (non-hydrogen) atoms. The lowest BCUT2D eigenvalue weighted by Gasteiger charge is -2.46. The van der Waals surface area contributed by atoms with E-state index < -0.39 is 13.4 Å². The van der Waals surface area contributed by atoms with Crippen molar-refractivity contribution in [3.63, 3.8) is 0 Å². The number of carbonyl (C=O) groups excluding carboxylic acids is 2. The molecule has 250 valence electrons. The van der Waals surface area contributed by atoms with Crippen molar-refractivity contribution in [2.45, 2.75) is 72.3 Å². The third kappa shape index (κ3) is 8.09. The summed E-state index contributed by atoms with van der Waals surface area (Å²) in [5, 5.41) is 8.58. The number of phosphoric ester groups is 1. The number of ether oxygens (including phenoxy) is 2. The van der Waals surface area contributed by atoms with E-state index in [4.69, 9.17) is 23.0 Å². The van der Waals surface area contributed by atoms with E-state index in [9.17, 15) is 14.2 Å². The zero-order valence-electron chi connectivity index (χ0n) is 27.3. The van der Waals surface area contributed by atoms with Crippen molar-refractivity contribution in [2.24, 2.45) is 11.8 Å². The molecule has 1 saturated heterocycles. The first-order valence-electron chi connectivity index (χ1n) is 16.0. The van der Waals surface area contributed by atoms with Crippen LogP contribution in [-0.2, 0) is 29.6 Å². The Labute approximate surface area is 270 Å². The van der Waals surface area contributed by atoms with Crippen LogP contribution >= 0.6 is 7.82 Å². The number of amides is 2. The summed E-state index contributed by atoms with van der Waals surface area (Å²) in [6, 6.07) is 12.8. The molecule has 0 bridgehead atoms. The fourth-order valence-corrected chi connectivity index (χ4v) is 7.11. The molecule has 0 radical (unpaired) electrons. The van der Waals surface area contributed by atoms with Crippen molar-refractivity contribution in [1.82, 2.24) is 20.0 Å². The number of rotatable bonds is 12. The number of fused-ring (bicyclic) bond motifs is 2. The van der Waals surface area contributed by atoms with Crippen molar-refractivity contribution in [2.75, 3.05) is 32.9 Å². The molecule has 1 N–H and O–H groups in total. The Kier molecular flexibility index (Phi) is 10.7. The molecular weight excluding hydrogens is 611 g/mol. The molecule has 2 aliphatic heterocycles. The van der Waals surface area contributed by atoms with Crippen molar-refractivity contribution in [1.29, 1.82) is 0 Å². The molecule has 1 atom stereocenters. The van der Waals surface area contributed by atoms with E-state index >= 15 is 0 Å². The Morgan fingerprint density at radius 1 is 1.02 bits per heavy atom. The average Bonchev–Trinajstić information content (AvgIpc) is 3.46. The fraction of sp³-hybridized carbons (Fsp3) is 0.545. The van der Waals surface area contributed by atoms with E-state index in [1.165, 1.54) is 4.68 Å². The first kappa shape index (κ1) is 33.9. The maximum absolute atomic E-state index is 13.9. The van der Waals surface area contributed by atoms with Gasteiger partial charge < -0.3 is 19.7 Å². The molecule has 0 saturated carbocycles. The fourth-order valence-electron chi connectivity index (χ4n) is 5.67. The topological polar surface area (TPSA) is 130 Å². The van der Waals surface area contributed by atoms with Crippen LogP contribution in [0.15, 0.2) is 48.7 Å². The molecule has 1 fully saturated rings. The van der Waals surface area contributed by atoms with Gasteiger partial charge in [-0.15, -0.1) is 0 Å². The Morgan fingerprint density at radius 2 is 1.72 bits per heavy atom. The molecule has 2 amide bonds. The monoisotopic (exact) mass is 656 g/mol. The summed E-state index contributed by atoms with van der Waals surface area (Å²) in [6.07, 6.45) is 3.23. The van der Waals surface area contributed by atoms with E-state index in [-0.39, 0.29) is 49.8 Å². The number of nitrogens with zero attached hydrogens (tertiary/aromatic N) is 3. The van der Waals surface area contributed by atoms with Crippen LogP contribution < -0.4 is 10.1 Å². The number of phosphoric acid groups is 1. The summed E-state index contributed by atoms with van der Waals surface area (Å²) in [7, 11) is -3.83. The third-order valence-electron chi connectivity index (χ3n) is 8.01. The van der Waals surface area contributed by atoms with Crippen molar-refractivity contribution in [3.05, 3.63) is 59.8 Å². The van der Waals surface area contributed by atoms with Crippen LogP contribution in [-0.4, -0.2) is 65.2 Å². The number of benzene rings is 2. The number of hydrogen-bond acceptors (Lipinski definition) is 9. The molecule has 5 rings (SSSR count). The molecule has 3 aromatic rings. The Morgan fingerprint density at radius 3 is 2.39 bits per heavy atom. The zero-order chi connectivity index (χ0) is 32.9. The highest BCUT2D eigenvalue weighted by atomic mass is 31.2. The van der Waals surface area contributed by atoms with Gasteiger partial charge in [-0.1, -0.05) is 58.0 Å². The molecule has 12 nitrogen and oxygen atoms in total. The molecule has 0 aliphatic carbocycles. The van der Waals surface area contributed by atoms with E-state index in [1.807, 2.05) is 58.0 Å². The number of para-hydroxylation sites is 1. The second kappa shape index (κ2) is 14.5. The first-order chi connectivity index (χ1) is 22.0. The van der Waals surface area contributed by atoms with E-state index in [2.05, 4.69) is 10.4 Å². The molecule has 2 aromatic carbocycles. The summed E-state index contributed by atoms with van der Waals surface area (Å²) < 4.78 is 43.3. The average molecular weight is 657 g/mol. The van der Waals surface area contributed by atoms with Gasteiger partial charge in [-0.25, -0.2) is 14.0 Å². The van der Waals surface area contributed by atoms with Crippen LogP contribution in [0.3, 0.4) is 0 Å². The largest absolute Gasteiger partial charge is 0.487 e. The maximum atomic E-state index is 13.9. The van der Waals surface area contributed by atoms with E-state index in [0.29, 0.717) is 50.0 Å². The van der Waals surface area contributed by atoms with Crippen molar-refractivity contribution >= 4 is 30.7 Å². The van der Waals surface area contributed by atoms with Crippen LogP contribution in [0, 0.1) is 11.8 Å². The second-order valence-electron chi connectivity index (χ2n) is 12.7. The van der Waals surface area contributed by atoms with Crippen LogP contribution in [0.25, 0.3) is 10.9 Å². The van der Waals surface area contributed by atoms with Crippen LogP contribution in [0.5, 0.6) is 5.75 Å². The van der Waals surface area contributed by atoms with E-state index in [1.54, 1.807) is 30.2 Å². The Hall–Kier alpha value is -3.44. The molecule has 1 spiro atoms.